The van der Waals surface area contributed by atoms with Gasteiger partial charge in [-0.05, 0) is 12.8 Å². The Morgan fingerprint density at radius 2 is 1.94 bits per heavy atom. The van der Waals surface area contributed by atoms with E-state index in [1.54, 1.807) is 4.72 Å². The molecule has 1 N–H and O–H groups in total. The van der Waals surface area contributed by atoms with E-state index in [2.05, 4.69) is 4.74 Å². The number of ether oxygens (including phenoxy) is 1. The molecule has 0 aliphatic carbocycles. The largest absolute Gasteiger partial charge is 0.469 e. The Morgan fingerprint density at radius 1 is 1.31 bits per heavy atom. The lowest BCUT2D eigenvalue weighted by molar-refractivity contribution is -0.140. The van der Waals surface area contributed by atoms with Crippen molar-refractivity contribution >= 4 is 16.0 Å². The first kappa shape index (κ1) is 15.2. The van der Waals surface area contributed by atoms with Crippen LogP contribution < -0.4 is 4.72 Å². The van der Waals surface area contributed by atoms with E-state index in [4.69, 9.17) is 0 Å². The standard InChI is InChI=1S/C8H15F2NO4S/c1-15-7(12)5-3-2-4-6-11-16(13,14)8(9)10/h8,11H,2-6H2,1H3. The van der Waals surface area contributed by atoms with Crippen molar-refractivity contribution in [1.29, 1.82) is 0 Å². The number of hydrogen-bond acceptors (Lipinski definition) is 4. The van der Waals surface area contributed by atoms with Crippen LogP contribution in [0.3, 0.4) is 0 Å². The number of sulfonamides is 1. The number of hydrogen-bond donors (Lipinski definition) is 1. The van der Waals surface area contributed by atoms with Crippen molar-refractivity contribution < 1.29 is 26.7 Å². The van der Waals surface area contributed by atoms with Crippen LogP contribution in [0, 0.1) is 0 Å². The molecule has 96 valence electrons. The van der Waals surface area contributed by atoms with E-state index in [-0.39, 0.29) is 18.9 Å². The molecule has 0 saturated heterocycles. The summed E-state index contributed by atoms with van der Waals surface area (Å²) in [6.07, 6.45) is 1.77. The summed E-state index contributed by atoms with van der Waals surface area (Å²) in [7, 11) is -3.20. The molecule has 0 radical (unpaired) electrons. The molecule has 16 heavy (non-hydrogen) atoms. The van der Waals surface area contributed by atoms with Crippen LogP contribution in [-0.2, 0) is 19.6 Å². The number of carbonyl (C=O) groups is 1. The van der Waals surface area contributed by atoms with Crippen LogP contribution >= 0.6 is 0 Å². The molecule has 0 saturated carbocycles. The van der Waals surface area contributed by atoms with E-state index in [1.807, 2.05) is 0 Å². The van der Waals surface area contributed by atoms with Crippen LogP contribution in [0.4, 0.5) is 8.78 Å². The van der Waals surface area contributed by atoms with Crippen molar-refractivity contribution in [2.24, 2.45) is 0 Å². The topological polar surface area (TPSA) is 72.5 Å². The lowest BCUT2D eigenvalue weighted by atomic mass is 10.2. The predicted octanol–water partition coefficient (Wildman–Crippen LogP) is 0.862. The average molecular weight is 259 g/mol. The molecule has 0 fully saturated rings. The minimum atomic E-state index is -4.48. The van der Waals surface area contributed by atoms with Gasteiger partial charge in [0.05, 0.1) is 7.11 Å². The minimum Gasteiger partial charge on any atom is -0.469 e. The summed E-state index contributed by atoms with van der Waals surface area (Å²) in [4.78, 5) is 10.7. The van der Waals surface area contributed by atoms with Gasteiger partial charge in [0.25, 0.3) is 10.0 Å². The van der Waals surface area contributed by atoms with Crippen molar-refractivity contribution in [3.05, 3.63) is 0 Å². The van der Waals surface area contributed by atoms with Crippen molar-refractivity contribution in [3.63, 3.8) is 0 Å². The third-order valence-corrected chi connectivity index (χ3v) is 2.90. The molecule has 0 atom stereocenters. The van der Waals surface area contributed by atoms with E-state index >= 15 is 0 Å². The van der Waals surface area contributed by atoms with Gasteiger partial charge in [-0.2, -0.15) is 8.78 Å². The molecule has 0 rings (SSSR count). The van der Waals surface area contributed by atoms with E-state index < -0.39 is 15.8 Å². The minimum absolute atomic E-state index is 0.0478. The third kappa shape index (κ3) is 6.67. The zero-order valence-electron chi connectivity index (χ0n) is 8.91. The summed E-state index contributed by atoms with van der Waals surface area (Å²) >= 11 is 0. The number of rotatable bonds is 8. The molecule has 0 unspecified atom stereocenters. The maximum absolute atomic E-state index is 11.8. The lowest BCUT2D eigenvalue weighted by Gasteiger charge is -2.04. The average Bonchev–Trinajstić information content (AvgIpc) is 2.22. The maximum atomic E-state index is 11.8. The number of halogens is 2. The Kier molecular flexibility index (Phi) is 7.15. The molecule has 0 heterocycles. The Hall–Kier alpha value is -0.760. The summed E-state index contributed by atoms with van der Waals surface area (Å²) in [5.74, 6) is -3.74. The highest BCUT2D eigenvalue weighted by atomic mass is 32.2. The number of alkyl halides is 2. The molecular weight excluding hydrogens is 244 g/mol. The second kappa shape index (κ2) is 7.50. The fourth-order valence-electron chi connectivity index (χ4n) is 0.951. The first-order valence-corrected chi connectivity index (χ1v) is 6.28. The van der Waals surface area contributed by atoms with Crippen molar-refractivity contribution in [2.45, 2.75) is 31.4 Å². The zero-order valence-corrected chi connectivity index (χ0v) is 9.73. The Morgan fingerprint density at radius 3 is 2.44 bits per heavy atom. The van der Waals surface area contributed by atoms with Crippen molar-refractivity contribution in [1.82, 2.24) is 4.72 Å². The Labute approximate surface area is 93.2 Å². The van der Waals surface area contributed by atoms with Gasteiger partial charge in [0.2, 0.25) is 0 Å². The van der Waals surface area contributed by atoms with Gasteiger partial charge >= 0.3 is 11.7 Å². The second-order valence-corrected chi connectivity index (χ2v) is 4.82. The number of unbranched alkanes of at least 4 members (excludes halogenated alkanes) is 2. The molecule has 0 aromatic rings. The highest BCUT2D eigenvalue weighted by Gasteiger charge is 2.22. The Balaban J connectivity index is 3.52. The molecule has 0 bridgehead atoms. The molecule has 0 spiro atoms. The molecule has 0 amide bonds. The number of nitrogens with one attached hydrogen (secondary N) is 1. The van der Waals surface area contributed by atoms with Gasteiger partial charge < -0.3 is 4.74 Å². The van der Waals surface area contributed by atoms with E-state index in [9.17, 15) is 22.0 Å². The van der Waals surface area contributed by atoms with E-state index in [1.165, 1.54) is 7.11 Å². The van der Waals surface area contributed by atoms with Crippen LogP contribution in [-0.4, -0.2) is 33.8 Å². The first-order valence-electron chi connectivity index (χ1n) is 4.73. The SMILES string of the molecule is COC(=O)CCCCCNS(=O)(=O)C(F)F. The fourth-order valence-corrected chi connectivity index (χ4v) is 1.51. The first-order chi connectivity index (χ1) is 7.40. The van der Waals surface area contributed by atoms with Gasteiger partial charge in [-0.15, -0.1) is 0 Å². The summed E-state index contributed by atoms with van der Waals surface area (Å²) < 4.78 is 51.0. The molecule has 0 aliphatic heterocycles. The highest BCUT2D eigenvalue weighted by Crippen LogP contribution is 2.03. The van der Waals surface area contributed by atoms with Crippen LogP contribution in [0.5, 0.6) is 0 Å². The Bertz CT molecular complexity index is 305. The van der Waals surface area contributed by atoms with Gasteiger partial charge in [0.15, 0.2) is 0 Å². The quantitative estimate of drug-likeness (QED) is 0.518. The maximum Gasteiger partial charge on any atom is 0.350 e. The number of esters is 1. The number of carbonyl (C=O) groups excluding carboxylic acids is 1. The van der Waals surface area contributed by atoms with Gasteiger partial charge in [0, 0.05) is 13.0 Å². The van der Waals surface area contributed by atoms with Crippen molar-refractivity contribution in [3.8, 4) is 0 Å². The highest BCUT2D eigenvalue weighted by molar-refractivity contribution is 7.89. The summed E-state index contributed by atoms with van der Waals surface area (Å²) in [6, 6.07) is 0. The summed E-state index contributed by atoms with van der Waals surface area (Å²) in [5.41, 5.74) is 0. The van der Waals surface area contributed by atoms with E-state index in [0.717, 1.165) is 0 Å². The normalized spacial score (nSPS) is 11.8. The van der Waals surface area contributed by atoms with Crippen LogP contribution in [0.1, 0.15) is 25.7 Å². The van der Waals surface area contributed by atoms with Gasteiger partial charge in [0.1, 0.15) is 0 Å². The third-order valence-electron chi connectivity index (χ3n) is 1.82. The van der Waals surface area contributed by atoms with Crippen molar-refractivity contribution in [2.75, 3.05) is 13.7 Å². The van der Waals surface area contributed by atoms with Gasteiger partial charge in [-0.3, -0.25) is 4.79 Å². The monoisotopic (exact) mass is 259 g/mol. The van der Waals surface area contributed by atoms with Crippen LogP contribution in [0.25, 0.3) is 0 Å². The van der Waals surface area contributed by atoms with Gasteiger partial charge in [-0.1, -0.05) is 6.42 Å². The predicted molar refractivity (Wildman–Crippen MR) is 53.4 cm³/mol. The summed E-state index contributed by atoms with van der Waals surface area (Å²) in [5, 5.41) is 0. The molecule has 0 aliphatic rings. The number of methoxy groups -OCH3 is 1. The smallest absolute Gasteiger partial charge is 0.350 e. The molecule has 0 aromatic carbocycles. The fraction of sp³-hybridized carbons (Fsp3) is 0.875. The second-order valence-electron chi connectivity index (χ2n) is 3.09. The van der Waals surface area contributed by atoms with Crippen LogP contribution in [0.2, 0.25) is 0 Å². The molecular formula is C8H15F2NO4S. The molecule has 8 heteroatoms. The molecule has 5 nitrogen and oxygen atoms in total. The lowest BCUT2D eigenvalue weighted by Crippen LogP contribution is -2.30. The summed E-state index contributed by atoms with van der Waals surface area (Å²) in [6.45, 7) is -0.0478. The van der Waals surface area contributed by atoms with E-state index in [0.29, 0.717) is 19.3 Å². The zero-order chi connectivity index (χ0) is 12.6. The van der Waals surface area contributed by atoms with Crippen LogP contribution in [0.15, 0.2) is 0 Å². The molecule has 0 aromatic heterocycles. The van der Waals surface area contributed by atoms with Gasteiger partial charge in [-0.25, -0.2) is 13.1 Å².